The second kappa shape index (κ2) is 9.39. The largest absolute Gasteiger partial charge is 0.489 e. The third kappa shape index (κ3) is 5.83. The smallest absolute Gasteiger partial charge is 0.142 e. The Kier molecular flexibility index (Phi) is 8.21. The number of aliphatic hydroxyl groups excluding tert-OH is 1. The van der Waals surface area contributed by atoms with Gasteiger partial charge in [0.15, 0.2) is 0 Å². The predicted octanol–water partition coefficient (Wildman–Crippen LogP) is 1.85. The third-order valence-corrected chi connectivity index (χ3v) is 2.97. The van der Waals surface area contributed by atoms with Gasteiger partial charge in [0.2, 0.25) is 0 Å². The zero-order valence-corrected chi connectivity index (χ0v) is 12.8. The molecule has 1 aromatic rings. The Morgan fingerprint density at radius 1 is 1.25 bits per heavy atom. The van der Waals surface area contributed by atoms with Crippen molar-refractivity contribution in [1.29, 1.82) is 0 Å². The summed E-state index contributed by atoms with van der Waals surface area (Å²) in [4.78, 5) is 0. The monoisotopic (exact) mass is 323 g/mol. The van der Waals surface area contributed by atoms with Crippen LogP contribution in [0.4, 0.5) is 0 Å². The molecule has 0 bridgehead atoms. The Morgan fingerprint density at radius 2 is 2.00 bits per heavy atom. The molecule has 0 fully saturated rings. The predicted molar refractivity (Wildman–Crippen MR) is 78.6 cm³/mol. The SMILES string of the molecule is COCCOCC(O)COc1c(Cl)cc(Cl)cc1CN. The van der Waals surface area contributed by atoms with Crippen molar-refractivity contribution < 1.29 is 19.3 Å². The molecule has 0 radical (unpaired) electrons. The van der Waals surface area contributed by atoms with Crippen LogP contribution in [0.5, 0.6) is 5.75 Å². The topological polar surface area (TPSA) is 73.9 Å². The van der Waals surface area contributed by atoms with Gasteiger partial charge in [-0.25, -0.2) is 0 Å². The van der Waals surface area contributed by atoms with Gasteiger partial charge in [0, 0.05) is 24.2 Å². The molecule has 0 saturated heterocycles. The summed E-state index contributed by atoms with van der Waals surface area (Å²) in [5, 5.41) is 10.6. The van der Waals surface area contributed by atoms with Crippen molar-refractivity contribution in [3.05, 3.63) is 27.7 Å². The summed E-state index contributed by atoms with van der Waals surface area (Å²) in [6.07, 6.45) is -0.760. The van der Waals surface area contributed by atoms with Gasteiger partial charge in [0.05, 0.1) is 24.8 Å². The molecule has 0 aliphatic carbocycles. The molecule has 0 aromatic heterocycles. The van der Waals surface area contributed by atoms with E-state index in [1.807, 2.05) is 0 Å². The van der Waals surface area contributed by atoms with Crippen LogP contribution in [-0.4, -0.2) is 44.7 Å². The maximum atomic E-state index is 9.73. The van der Waals surface area contributed by atoms with Gasteiger partial charge in [0.1, 0.15) is 18.5 Å². The van der Waals surface area contributed by atoms with Crippen LogP contribution >= 0.6 is 23.2 Å². The number of hydrogen-bond acceptors (Lipinski definition) is 5. The molecular weight excluding hydrogens is 305 g/mol. The van der Waals surface area contributed by atoms with Crippen LogP contribution in [0.25, 0.3) is 0 Å². The second-order valence-corrected chi connectivity index (χ2v) is 4.96. The molecule has 0 spiro atoms. The molecule has 5 nitrogen and oxygen atoms in total. The molecule has 114 valence electrons. The summed E-state index contributed by atoms with van der Waals surface area (Å²) in [5.41, 5.74) is 6.30. The van der Waals surface area contributed by atoms with Crippen LogP contribution in [0.2, 0.25) is 10.0 Å². The van der Waals surface area contributed by atoms with E-state index in [1.165, 1.54) is 0 Å². The van der Waals surface area contributed by atoms with Gasteiger partial charge < -0.3 is 25.1 Å². The summed E-state index contributed by atoms with van der Waals surface area (Å²) in [6.45, 7) is 1.36. The summed E-state index contributed by atoms with van der Waals surface area (Å²) < 4.78 is 15.5. The lowest BCUT2D eigenvalue weighted by molar-refractivity contribution is -0.00429. The van der Waals surface area contributed by atoms with E-state index >= 15 is 0 Å². The molecule has 3 N–H and O–H groups in total. The second-order valence-electron chi connectivity index (χ2n) is 4.11. The number of hydrogen-bond donors (Lipinski definition) is 2. The quantitative estimate of drug-likeness (QED) is 0.678. The fraction of sp³-hybridized carbons (Fsp3) is 0.538. The lowest BCUT2D eigenvalue weighted by atomic mass is 10.2. The first-order valence-corrected chi connectivity index (χ1v) is 6.89. The van der Waals surface area contributed by atoms with E-state index < -0.39 is 6.10 Å². The highest BCUT2D eigenvalue weighted by molar-refractivity contribution is 6.35. The molecule has 1 rings (SSSR count). The van der Waals surface area contributed by atoms with Crippen molar-refractivity contribution >= 4 is 23.2 Å². The van der Waals surface area contributed by atoms with Gasteiger partial charge in [-0.1, -0.05) is 23.2 Å². The standard InChI is InChI=1S/C13H19Cl2NO4/c1-18-2-3-19-7-11(17)8-20-13-9(6-16)4-10(14)5-12(13)15/h4-5,11,17H,2-3,6-8,16H2,1H3. The first-order valence-electron chi connectivity index (χ1n) is 6.14. The maximum absolute atomic E-state index is 9.73. The van der Waals surface area contributed by atoms with E-state index in [0.29, 0.717) is 34.6 Å². The highest BCUT2D eigenvalue weighted by Crippen LogP contribution is 2.32. The van der Waals surface area contributed by atoms with Gasteiger partial charge in [-0.15, -0.1) is 0 Å². The van der Waals surface area contributed by atoms with E-state index in [2.05, 4.69) is 0 Å². The molecule has 0 aliphatic rings. The highest BCUT2D eigenvalue weighted by Gasteiger charge is 2.12. The van der Waals surface area contributed by atoms with E-state index in [4.69, 9.17) is 43.1 Å². The van der Waals surface area contributed by atoms with E-state index in [9.17, 15) is 5.11 Å². The average Bonchev–Trinajstić information content (AvgIpc) is 2.41. The van der Waals surface area contributed by atoms with Crippen molar-refractivity contribution in [3.63, 3.8) is 0 Å². The van der Waals surface area contributed by atoms with Crippen LogP contribution in [0.3, 0.4) is 0 Å². The van der Waals surface area contributed by atoms with Gasteiger partial charge in [-0.05, 0) is 12.1 Å². The molecule has 0 saturated carbocycles. The number of benzene rings is 1. The molecule has 1 unspecified atom stereocenters. The Hall–Kier alpha value is -0.560. The van der Waals surface area contributed by atoms with Crippen molar-refractivity contribution in [2.24, 2.45) is 5.73 Å². The van der Waals surface area contributed by atoms with Gasteiger partial charge in [0.25, 0.3) is 0 Å². The van der Waals surface area contributed by atoms with E-state index in [0.717, 1.165) is 0 Å². The third-order valence-electron chi connectivity index (χ3n) is 2.47. The molecule has 1 atom stereocenters. The molecule has 0 amide bonds. The Balaban J connectivity index is 2.48. The molecule has 20 heavy (non-hydrogen) atoms. The lowest BCUT2D eigenvalue weighted by Crippen LogP contribution is -2.24. The maximum Gasteiger partial charge on any atom is 0.142 e. The van der Waals surface area contributed by atoms with Crippen molar-refractivity contribution in [1.82, 2.24) is 0 Å². The minimum absolute atomic E-state index is 0.0569. The molecule has 1 aromatic carbocycles. The van der Waals surface area contributed by atoms with E-state index in [-0.39, 0.29) is 19.8 Å². The number of nitrogens with two attached hydrogens (primary N) is 1. The van der Waals surface area contributed by atoms with Crippen LogP contribution in [0.15, 0.2) is 12.1 Å². The highest BCUT2D eigenvalue weighted by atomic mass is 35.5. The summed E-state index contributed by atoms with van der Waals surface area (Å²) in [7, 11) is 1.58. The van der Waals surface area contributed by atoms with Crippen LogP contribution in [0.1, 0.15) is 5.56 Å². The molecular formula is C13H19Cl2NO4. The van der Waals surface area contributed by atoms with Crippen molar-refractivity contribution in [2.75, 3.05) is 33.5 Å². The average molecular weight is 324 g/mol. The number of rotatable bonds is 9. The Bertz CT molecular complexity index is 418. The Morgan fingerprint density at radius 3 is 2.65 bits per heavy atom. The molecule has 0 heterocycles. The van der Waals surface area contributed by atoms with Crippen molar-refractivity contribution in [2.45, 2.75) is 12.6 Å². The number of ether oxygens (including phenoxy) is 3. The first kappa shape index (κ1) is 17.5. The lowest BCUT2D eigenvalue weighted by Gasteiger charge is -2.16. The normalized spacial score (nSPS) is 12.4. The zero-order chi connectivity index (χ0) is 15.0. The van der Waals surface area contributed by atoms with Gasteiger partial charge >= 0.3 is 0 Å². The van der Waals surface area contributed by atoms with Crippen molar-refractivity contribution in [3.8, 4) is 5.75 Å². The first-order chi connectivity index (χ1) is 9.58. The number of aliphatic hydroxyl groups is 1. The summed E-state index contributed by atoms with van der Waals surface area (Å²) in [6, 6.07) is 3.25. The van der Waals surface area contributed by atoms with E-state index in [1.54, 1.807) is 19.2 Å². The fourth-order valence-electron chi connectivity index (χ4n) is 1.52. The minimum Gasteiger partial charge on any atom is -0.489 e. The zero-order valence-electron chi connectivity index (χ0n) is 11.3. The number of methoxy groups -OCH3 is 1. The summed E-state index contributed by atoms with van der Waals surface area (Å²) in [5.74, 6) is 0.439. The van der Waals surface area contributed by atoms with Gasteiger partial charge in [-0.2, -0.15) is 0 Å². The number of halogens is 2. The summed E-state index contributed by atoms with van der Waals surface area (Å²) >= 11 is 11.9. The van der Waals surface area contributed by atoms with Crippen LogP contribution in [0, 0.1) is 0 Å². The Labute approximate surface area is 128 Å². The minimum atomic E-state index is -0.760. The van der Waals surface area contributed by atoms with Crippen LogP contribution < -0.4 is 10.5 Å². The molecule has 0 aliphatic heterocycles. The molecule has 7 heteroatoms. The fourth-order valence-corrected chi connectivity index (χ4v) is 2.11. The van der Waals surface area contributed by atoms with Crippen LogP contribution in [-0.2, 0) is 16.0 Å². The van der Waals surface area contributed by atoms with Gasteiger partial charge in [-0.3, -0.25) is 0 Å².